The summed E-state index contributed by atoms with van der Waals surface area (Å²) in [7, 11) is 1.49. The van der Waals surface area contributed by atoms with E-state index in [1.54, 1.807) is 17.8 Å². The lowest BCUT2D eigenvalue weighted by atomic mass is 10.0. The fourth-order valence-corrected chi connectivity index (χ4v) is 3.88. The number of aromatic nitrogens is 2. The van der Waals surface area contributed by atoms with Gasteiger partial charge < -0.3 is 10.1 Å². The van der Waals surface area contributed by atoms with E-state index >= 15 is 0 Å². The molecule has 154 valence electrons. The van der Waals surface area contributed by atoms with Gasteiger partial charge in [-0.2, -0.15) is 5.10 Å². The summed E-state index contributed by atoms with van der Waals surface area (Å²) in [4.78, 5) is 24.6. The highest BCUT2D eigenvalue weighted by Crippen LogP contribution is 2.36. The van der Waals surface area contributed by atoms with Crippen LogP contribution in [0.25, 0.3) is 16.8 Å². The molecule has 6 heteroatoms. The van der Waals surface area contributed by atoms with Crippen LogP contribution >= 0.6 is 0 Å². The Kier molecular flexibility index (Phi) is 5.65. The van der Waals surface area contributed by atoms with Gasteiger partial charge in [-0.3, -0.25) is 9.59 Å². The molecule has 0 saturated heterocycles. The molecule has 0 bridgehead atoms. The SMILES string of the molecule is CNC(=O)c1nn(-c2ccccc2-c2ccccc2OC2CCCC2)cc(C)c1=O. The average Bonchev–Trinajstić information content (AvgIpc) is 3.28. The summed E-state index contributed by atoms with van der Waals surface area (Å²) >= 11 is 0. The molecule has 4 rings (SSSR count). The third-order valence-electron chi connectivity index (χ3n) is 5.46. The number of rotatable bonds is 5. The highest BCUT2D eigenvalue weighted by atomic mass is 16.5. The van der Waals surface area contributed by atoms with E-state index in [0.29, 0.717) is 5.56 Å². The molecule has 1 fully saturated rings. The Hall–Kier alpha value is -3.41. The van der Waals surface area contributed by atoms with Gasteiger partial charge >= 0.3 is 0 Å². The molecular weight excluding hydrogens is 378 g/mol. The second kappa shape index (κ2) is 8.53. The number of aryl methyl sites for hydroxylation is 1. The molecule has 1 aliphatic rings. The van der Waals surface area contributed by atoms with E-state index < -0.39 is 5.91 Å². The van der Waals surface area contributed by atoms with E-state index in [0.717, 1.165) is 35.4 Å². The Balaban J connectivity index is 1.83. The van der Waals surface area contributed by atoms with Crippen LogP contribution in [0.1, 0.15) is 41.7 Å². The molecule has 0 aliphatic heterocycles. The van der Waals surface area contributed by atoms with Gasteiger partial charge in [-0.1, -0.05) is 36.4 Å². The maximum atomic E-state index is 12.4. The van der Waals surface area contributed by atoms with Gasteiger partial charge in [0.05, 0.1) is 11.8 Å². The number of amides is 1. The Morgan fingerprint density at radius 3 is 2.47 bits per heavy atom. The normalized spacial score (nSPS) is 13.9. The van der Waals surface area contributed by atoms with Gasteiger partial charge in [0, 0.05) is 29.9 Å². The third-order valence-corrected chi connectivity index (χ3v) is 5.46. The van der Waals surface area contributed by atoms with Crippen molar-refractivity contribution >= 4 is 5.91 Å². The predicted molar refractivity (Wildman–Crippen MR) is 116 cm³/mol. The molecule has 3 aromatic rings. The lowest BCUT2D eigenvalue weighted by molar-refractivity contribution is 0.0955. The number of benzene rings is 2. The third kappa shape index (κ3) is 3.85. The number of ether oxygens (including phenoxy) is 1. The number of nitrogens with zero attached hydrogens (tertiary/aromatic N) is 2. The molecule has 6 nitrogen and oxygen atoms in total. The van der Waals surface area contributed by atoms with Crippen molar-refractivity contribution in [3.05, 3.63) is 76.2 Å². The number of hydrogen-bond acceptors (Lipinski definition) is 4. The summed E-state index contributed by atoms with van der Waals surface area (Å²) in [6.45, 7) is 1.69. The first-order chi connectivity index (χ1) is 14.6. The van der Waals surface area contributed by atoms with Crippen LogP contribution in [-0.4, -0.2) is 28.8 Å². The monoisotopic (exact) mass is 403 g/mol. The van der Waals surface area contributed by atoms with E-state index in [2.05, 4.69) is 10.4 Å². The Morgan fingerprint density at radius 2 is 1.73 bits per heavy atom. The van der Waals surface area contributed by atoms with Crippen molar-refractivity contribution in [2.24, 2.45) is 0 Å². The maximum absolute atomic E-state index is 12.4. The van der Waals surface area contributed by atoms with Gasteiger partial charge in [0.25, 0.3) is 5.91 Å². The topological polar surface area (TPSA) is 73.2 Å². The first-order valence-electron chi connectivity index (χ1n) is 10.3. The van der Waals surface area contributed by atoms with E-state index in [9.17, 15) is 9.59 Å². The van der Waals surface area contributed by atoms with Crippen LogP contribution in [0.15, 0.2) is 59.5 Å². The minimum atomic E-state index is -0.500. The summed E-state index contributed by atoms with van der Waals surface area (Å²) < 4.78 is 7.93. The van der Waals surface area contributed by atoms with Crippen LogP contribution in [0.5, 0.6) is 5.75 Å². The zero-order valence-electron chi connectivity index (χ0n) is 17.2. The Morgan fingerprint density at radius 1 is 1.07 bits per heavy atom. The fourth-order valence-electron chi connectivity index (χ4n) is 3.88. The summed E-state index contributed by atoms with van der Waals surface area (Å²) in [5, 5.41) is 6.83. The van der Waals surface area contributed by atoms with Crippen molar-refractivity contribution in [1.82, 2.24) is 15.1 Å². The molecule has 1 aliphatic carbocycles. The number of hydrogen-bond donors (Lipinski definition) is 1. The number of para-hydroxylation sites is 2. The predicted octanol–water partition coefficient (Wildman–Crippen LogP) is 3.89. The summed E-state index contributed by atoms with van der Waals surface area (Å²) in [5.41, 5.74) is 2.61. The van der Waals surface area contributed by atoms with E-state index in [1.165, 1.54) is 19.9 Å². The Labute approximate surface area is 175 Å². The smallest absolute Gasteiger partial charge is 0.275 e. The van der Waals surface area contributed by atoms with Crippen molar-refractivity contribution in [2.75, 3.05) is 7.05 Å². The van der Waals surface area contributed by atoms with Crippen molar-refractivity contribution in [2.45, 2.75) is 38.7 Å². The van der Waals surface area contributed by atoms with Crippen molar-refractivity contribution < 1.29 is 9.53 Å². The average molecular weight is 403 g/mol. The lowest BCUT2D eigenvalue weighted by Crippen LogP contribution is -2.30. The van der Waals surface area contributed by atoms with E-state index in [-0.39, 0.29) is 17.2 Å². The summed E-state index contributed by atoms with van der Waals surface area (Å²) in [5.74, 6) is 0.334. The van der Waals surface area contributed by atoms with E-state index in [4.69, 9.17) is 4.74 Å². The standard InChI is InChI=1S/C24H25N3O3/c1-16-15-27(26-22(23(16)28)24(29)25-2)20-13-7-5-11-18(20)19-12-6-8-14-21(19)30-17-9-3-4-10-17/h5-8,11-15,17H,3-4,9-10H2,1-2H3,(H,25,29). The Bertz CT molecular complexity index is 1130. The number of carbonyl (C=O) groups is 1. The minimum Gasteiger partial charge on any atom is -0.490 e. The van der Waals surface area contributed by atoms with Crippen LogP contribution in [0, 0.1) is 6.92 Å². The number of carbonyl (C=O) groups excluding carboxylic acids is 1. The lowest BCUT2D eigenvalue weighted by Gasteiger charge is -2.19. The zero-order valence-corrected chi connectivity index (χ0v) is 17.2. The number of nitrogens with one attached hydrogen (secondary N) is 1. The fraction of sp³-hybridized carbons (Fsp3) is 0.292. The molecule has 2 aromatic carbocycles. The van der Waals surface area contributed by atoms with Gasteiger partial charge in [-0.25, -0.2) is 4.68 Å². The van der Waals surface area contributed by atoms with Crippen molar-refractivity contribution in [3.8, 4) is 22.6 Å². The van der Waals surface area contributed by atoms with Crippen molar-refractivity contribution in [1.29, 1.82) is 0 Å². The second-order valence-electron chi connectivity index (χ2n) is 7.55. The molecule has 1 aromatic heterocycles. The van der Waals surface area contributed by atoms with E-state index in [1.807, 2.05) is 48.5 Å². The van der Waals surface area contributed by atoms with Gasteiger partial charge in [0.15, 0.2) is 5.69 Å². The highest BCUT2D eigenvalue weighted by molar-refractivity contribution is 5.92. The zero-order chi connectivity index (χ0) is 21.1. The van der Waals surface area contributed by atoms with Crippen LogP contribution in [-0.2, 0) is 0 Å². The quantitative estimate of drug-likeness (QED) is 0.701. The molecule has 0 radical (unpaired) electrons. The summed E-state index contributed by atoms with van der Waals surface area (Å²) in [6.07, 6.45) is 6.45. The van der Waals surface area contributed by atoms with Crippen LogP contribution < -0.4 is 15.5 Å². The molecule has 0 unspecified atom stereocenters. The second-order valence-corrected chi connectivity index (χ2v) is 7.55. The molecule has 30 heavy (non-hydrogen) atoms. The molecule has 0 spiro atoms. The molecule has 1 heterocycles. The van der Waals surface area contributed by atoms with Crippen LogP contribution in [0.2, 0.25) is 0 Å². The minimum absolute atomic E-state index is 0.122. The molecule has 1 saturated carbocycles. The van der Waals surface area contributed by atoms with Gasteiger partial charge in [0.1, 0.15) is 5.75 Å². The van der Waals surface area contributed by atoms with Gasteiger partial charge in [0.2, 0.25) is 5.43 Å². The molecule has 1 amide bonds. The first-order valence-corrected chi connectivity index (χ1v) is 10.3. The maximum Gasteiger partial charge on any atom is 0.275 e. The van der Waals surface area contributed by atoms with Crippen LogP contribution in [0.3, 0.4) is 0 Å². The molecular formula is C24H25N3O3. The largest absolute Gasteiger partial charge is 0.490 e. The first kappa shape index (κ1) is 19.9. The van der Waals surface area contributed by atoms with Gasteiger partial charge in [-0.05, 0) is 44.7 Å². The van der Waals surface area contributed by atoms with Gasteiger partial charge in [-0.15, -0.1) is 0 Å². The molecule has 0 atom stereocenters. The highest BCUT2D eigenvalue weighted by Gasteiger charge is 2.20. The van der Waals surface area contributed by atoms with Crippen molar-refractivity contribution in [3.63, 3.8) is 0 Å². The van der Waals surface area contributed by atoms with Crippen LogP contribution in [0.4, 0.5) is 0 Å². The molecule has 1 N–H and O–H groups in total. The summed E-state index contributed by atoms with van der Waals surface area (Å²) in [6, 6.07) is 15.8.